The molecule has 0 amide bonds. The summed E-state index contributed by atoms with van der Waals surface area (Å²) in [5, 5.41) is 3.45. The number of hydrogen-bond acceptors (Lipinski definition) is 0. The molecule has 0 N–H and O–H groups in total. The predicted octanol–water partition coefficient (Wildman–Crippen LogP) is 4.94. The molecule has 0 bridgehead atoms. The standard InChI is InChI=1S/C10H10Br2Cl2/c11-5-7(6-12)3-8-4-9(13)1-2-10(8)14/h1-2,4,7H,3,5-6H2. The van der Waals surface area contributed by atoms with Crippen LogP contribution in [0.2, 0.25) is 10.0 Å². The van der Waals surface area contributed by atoms with Crippen LogP contribution in [0.4, 0.5) is 0 Å². The van der Waals surface area contributed by atoms with Gasteiger partial charge in [-0.25, -0.2) is 0 Å². The third kappa shape index (κ3) is 3.73. The van der Waals surface area contributed by atoms with Gasteiger partial charge >= 0.3 is 0 Å². The van der Waals surface area contributed by atoms with Gasteiger partial charge in [-0.15, -0.1) is 0 Å². The van der Waals surface area contributed by atoms with E-state index in [9.17, 15) is 0 Å². The lowest BCUT2D eigenvalue weighted by Gasteiger charge is -2.11. The molecular weight excluding hydrogens is 351 g/mol. The maximum absolute atomic E-state index is 6.06. The van der Waals surface area contributed by atoms with E-state index in [0.717, 1.165) is 32.7 Å². The van der Waals surface area contributed by atoms with Crippen molar-refractivity contribution in [3.63, 3.8) is 0 Å². The Morgan fingerprint density at radius 3 is 2.36 bits per heavy atom. The molecule has 4 heteroatoms. The van der Waals surface area contributed by atoms with Crippen LogP contribution in [0.3, 0.4) is 0 Å². The fourth-order valence-corrected chi connectivity index (χ4v) is 3.08. The maximum atomic E-state index is 6.06. The Morgan fingerprint density at radius 2 is 1.79 bits per heavy atom. The van der Waals surface area contributed by atoms with Gasteiger partial charge in [0.05, 0.1) is 0 Å². The Kier molecular flexibility index (Phi) is 5.83. The van der Waals surface area contributed by atoms with Crippen LogP contribution >= 0.6 is 55.1 Å². The van der Waals surface area contributed by atoms with Gasteiger partial charge in [0.2, 0.25) is 0 Å². The Labute approximate surface area is 111 Å². The molecule has 1 aromatic carbocycles. The molecule has 0 fully saturated rings. The van der Waals surface area contributed by atoms with E-state index < -0.39 is 0 Å². The van der Waals surface area contributed by atoms with Crippen LogP contribution in [0.15, 0.2) is 18.2 Å². The average Bonchev–Trinajstić information content (AvgIpc) is 2.19. The van der Waals surface area contributed by atoms with Crippen LogP contribution in [0, 0.1) is 5.92 Å². The molecule has 78 valence electrons. The SMILES string of the molecule is Clc1ccc(Cl)c(CC(CBr)CBr)c1. The van der Waals surface area contributed by atoms with Crippen molar-refractivity contribution in [1.82, 2.24) is 0 Å². The van der Waals surface area contributed by atoms with Crippen LogP contribution in [0.1, 0.15) is 5.56 Å². The second-order valence-corrected chi connectivity index (χ2v) is 5.25. The van der Waals surface area contributed by atoms with Crippen LogP contribution in [0.25, 0.3) is 0 Å². The van der Waals surface area contributed by atoms with Crippen molar-refractivity contribution < 1.29 is 0 Å². The van der Waals surface area contributed by atoms with E-state index in [1.807, 2.05) is 18.2 Å². The van der Waals surface area contributed by atoms with Crippen molar-refractivity contribution in [3.05, 3.63) is 33.8 Å². The van der Waals surface area contributed by atoms with Gasteiger partial charge in [0.25, 0.3) is 0 Å². The van der Waals surface area contributed by atoms with Crippen molar-refractivity contribution in [2.24, 2.45) is 5.92 Å². The molecule has 1 rings (SSSR count). The zero-order valence-electron chi connectivity index (χ0n) is 7.44. The second-order valence-electron chi connectivity index (χ2n) is 3.11. The summed E-state index contributed by atoms with van der Waals surface area (Å²) in [5.41, 5.74) is 1.11. The zero-order valence-corrected chi connectivity index (χ0v) is 12.1. The third-order valence-electron chi connectivity index (χ3n) is 1.95. The van der Waals surface area contributed by atoms with E-state index in [1.54, 1.807) is 0 Å². The normalized spacial score (nSPS) is 10.9. The first-order chi connectivity index (χ1) is 6.67. The number of alkyl halides is 2. The monoisotopic (exact) mass is 358 g/mol. The molecule has 0 aliphatic heterocycles. The highest BCUT2D eigenvalue weighted by atomic mass is 79.9. The molecule has 0 spiro atoms. The summed E-state index contributed by atoms with van der Waals surface area (Å²) in [6.45, 7) is 0. The Hall–Kier alpha value is 0.760. The number of benzene rings is 1. The van der Waals surface area contributed by atoms with Gasteiger partial charge in [-0.2, -0.15) is 0 Å². The van der Waals surface area contributed by atoms with E-state index in [2.05, 4.69) is 31.9 Å². The van der Waals surface area contributed by atoms with Gasteiger partial charge in [0.1, 0.15) is 0 Å². The first-order valence-corrected chi connectivity index (χ1v) is 7.23. The summed E-state index contributed by atoms with van der Waals surface area (Å²) in [5.74, 6) is 0.547. The highest BCUT2D eigenvalue weighted by Crippen LogP contribution is 2.24. The van der Waals surface area contributed by atoms with Gasteiger partial charge in [0.15, 0.2) is 0 Å². The van der Waals surface area contributed by atoms with Crippen LogP contribution in [0.5, 0.6) is 0 Å². The van der Waals surface area contributed by atoms with Gasteiger partial charge in [-0.1, -0.05) is 55.1 Å². The summed E-state index contributed by atoms with van der Waals surface area (Å²) in [7, 11) is 0. The molecule has 0 unspecified atom stereocenters. The highest BCUT2D eigenvalue weighted by Gasteiger charge is 2.09. The van der Waals surface area contributed by atoms with E-state index in [1.165, 1.54) is 0 Å². The van der Waals surface area contributed by atoms with Gasteiger partial charge in [-0.3, -0.25) is 0 Å². The third-order valence-corrected chi connectivity index (χ3v) is 4.39. The minimum Gasteiger partial charge on any atom is -0.0925 e. The van der Waals surface area contributed by atoms with Gasteiger partial charge in [-0.05, 0) is 36.1 Å². The molecule has 0 aromatic heterocycles. The maximum Gasteiger partial charge on any atom is 0.0439 e. The predicted molar refractivity (Wildman–Crippen MR) is 71.2 cm³/mol. The smallest absolute Gasteiger partial charge is 0.0439 e. The van der Waals surface area contributed by atoms with Gasteiger partial charge in [0, 0.05) is 20.7 Å². The minimum atomic E-state index is 0.547. The van der Waals surface area contributed by atoms with Gasteiger partial charge < -0.3 is 0 Å². The summed E-state index contributed by atoms with van der Waals surface area (Å²) < 4.78 is 0. The lowest BCUT2D eigenvalue weighted by molar-refractivity contribution is 0.680. The molecule has 0 aliphatic carbocycles. The first-order valence-electron chi connectivity index (χ1n) is 4.23. The molecule has 1 aromatic rings. The number of hydrogen-bond donors (Lipinski definition) is 0. The highest BCUT2D eigenvalue weighted by molar-refractivity contribution is 9.09. The fourth-order valence-electron chi connectivity index (χ4n) is 1.16. The van der Waals surface area contributed by atoms with Crippen molar-refractivity contribution >= 4 is 55.1 Å². The van der Waals surface area contributed by atoms with E-state index in [4.69, 9.17) is 23.2 Å². The van der Waals surface area contributed by atoms with Crippen LogP contribution < -0.4 is 0 Å². The van der Waals surface area contributed by atoms with E-state index >= 15 is 0 Å². The lowest BCUT2D eigenvalue weighted by Crippen LogP contribution is -2.07. The molecule has 0 saturated heterocycles. The Morgan fingerprint density at radius 1 is 1.14 bits per heavy atom. The molecule has 0 saturated carbocycles. The fraction of sp³-hybridized carbons (Fsp3) is 0.400. The Bertz CT molecular complexity index is 298. The molecule has 0 nitrogen and oxygen atoms in total. The number of halogens is 4. The summed E-state index contributed by atoms with van der Waals surface area (Å²) in [6.07, 6.45) is 0.940. The summed E-state index contributed by atoms with van der Waals surface area (Å²) in [6, 6.07) is 5.59. The van der Waals surface area contributed by atoms with Crippen LogP contribution in [-0.2, 0) is 6.42 Å². The Balaban J connectivity index is 2.79. The van der Waals surface area contributed by atoms with Crippen molar-refractivity contribution in [2.75, 3.05) is 10.7 Å². The molecule has 0 aliphatic rings. The number of rotatable bonds is 4. The summed E-state index contributed by atoms with van der Waals surface area (Å²) in [4.78, 5) is 0. The largest absolute Gasteiger partial charge is 0.0925 e. The molecule has 0 radical (unpaired) electrons. The van der Waals surface area contributed by atoms with Crippen molar-refractivity contribution in [3.8, 4) is 0 Å². The zero-order chi connectivity index (χ0) is 10.6. The first kappa shape index (κ1) is 12.8. The van der Waals surface area contributed by atoms with E-state index in [0.29, 0.717) is 5.92 Å². The topological polar surface area (TPSA) is 0 Å². The molecular formula is C10H10Br2Cl2. The molecule has 0 atom stereocenters. The van der Waals surface area contributed by atoms with E-state index in [-0.39, 0.29) is 0 Å². The average molecular weight is 361 g/mol. The van der Waals surface area contributed by atoms with Crippen molar-refractivity contribution in [1.29, 1.82) is 0 Å². The molecule has 0 heterocycles. The molecule has 14 heavy (non-hydrogen) atoms. The minimum absolute atomic E-state index is 0.547. The quantitative estimate of drug-likeness (QED) is 0.667. The second kappa shape index (κ2) is 6.37. The lowest BCUT2D eigenvalue weighted by atomic mass is 10.0. The summed E-state index contributed by atoms with van der Waals surface area (Å²) >= 11 is 18.9. The van der Waals surface area contributed by atoms with Crippen molar-refractivity contribution in [2.45, 2.75) is 6.42 Å². The van der Waals surface area contributed by atoms with Crippen LogP contribution in [-0.4, -0.2) is 10.7 Å².